The molecule has 13 heteroatoms. The first-order chi connectivity index (χ1) is 18.8. The first kappa shape index (κ1) is 30.6. The van der Waals surface area contributed by atoms with Crippen LogP contribution in [0.2, 0.25) is 10.0 Å². The monoisotopic (exact) mass is 599 g/mol. The molecule has 0 aliphatic rings. The standard InChI is InChI=1S/C27H22Cl2F3NO7/c1-38-17-8-6-15(22(13-17)39-2)14-33(23(34)10-11-24(35)36)20-9-7-16(28)12-19(20)26(37)18-4-3-5-21(25(18)29)40-27(30,31)32/h3-13,26,37H,14H2,1-2H3,(H,35,36)/b11-10+. The Morgan fingerprint density at radius 1 is 0.975 bits per heavy atom. The van der Waals surface area contributed by atoms with Gasteiger partial charge in [0.15, 0.2) is 0 Å². The lowest BCUT2D eigenvalue weighted by Crippen LogP contribution is -2.30. The van der Waals surface area contributed by atoms with E-state index in [-0.39, 0.29) is 28.4 Å². The molecule has 1 unspecified atom stereocenters. The van der Waals surface area contributed by atoms with Crippen molar-refractivity contribution in [3.63, 3.8) is 0 Å². The van der Waals surface area contributed by atoms with Crippen molar-refractivity contribution in [3.8, 4) is 17.2 Å². The van der Waals surface area contributed by atoms with E-state index in [0.29, 0.717) is 23.1 Å². The van der Waals surface area contributed by atoms with Crippen LogP contribution in [0, 0.1) is 0 Å². The molecule has 2 N–H and O–H groups in total. The largest absolute Gasteiger partial charge is 0.573 e. The number of hydrogen-bond acceptors (Lipinski definition) is 6. The Morgan fingerprint density at radius 3 is 2.33 bits per heavy atom. The first-order valence-corrected chi connectivity index (χ1v) is 12.0. The number of anilines is 1. The number of aliphatic carboxylic acids is 1. The van der Waals surface area contributed by atoms with Gasteiger partial charge in [0.25, 0.3) is 5.91 Å². The lowest BCUT2D eigenvalue weighted by Gasteiger charge is -2.27. The van der Waals surface area contributed by atoms with E-state index in [1.807, 2.05) is 0 Å². The normalized spacial score (nSPS) is 12.2. The molecule has 0 aliphatic heterocycles. The summed E-state index contributed by atoms with van der Waals surface area (Å²) >= 11 is 12.4. The van der Waals surface area contributed by atoms with Crippen LogP contribution >= 0.6 is 23.2 Å². The van der Waals surface area contributed by atoms with E-state index in [1.54, 1.807) is 18.2 Å². The average Bonchev–Trinajstić information content (AvgIpc) is 2.90. The number of ether oxygens (including phenoxy) is 3. The number of benzene rings is 3. The predicted octanol–water partition coefficient (Wildman–Crippen LogP) is 6.16. The molecule has 3 aromatic carbocycles. The number of alkyl halides is 3. The van der Waals surface area contributed by atoms with E-state index in [0.717, 1.165) is 17.0 Å². The minimum absolute atomic E-state index is 0.0110. The number of rotatable bonds is 10. The van der Waals surface area contributed by atoms with Crippen LogP contribution in [0.1, 0.15) is 22.8 Å². The van der Waals surface area contributed by atoms with Crippen LogP contribution < -0.4 is 19.1 Å². The van der Waals surface area contributed by atoms with Crippen LogP contribution in [0.4, 0.5) is 18.9 Å². The van der Waals surface area contributed by atoms with Gasteiger partial charge in [-0.3, -0.25) is 4.79 Å². The van der Waals surface area contributed by atoms with Crippen LogP contribution in [0.25, 0.3) is 0 Å². The number of aliphatic hydroxyl groups excluding tert-OH is 1. The summed E-state index contributed by atoms with van der Waals surface area (Å²) in [6, 6.07) is 12.4. The Balaban J connectivity index is 2.16. The molecule has 1 atom stereocenters. The summed E-state index contributed by atoms with van der Waals surface area (Å²) < 4.78 is 53.2. The zero-order chi connectivity index (χ0) is 29.6. The second-order valence-corrected chi connectivity index (χ2v) is 8.90. The molecule has 0 aliphatic carbocycles. The van der Waals surface area contributed by atoms with E-state index in [2.05, 4.69) is 4.74 Å². The highest BCUT2D eigenvalue weighted by molar-refractivity contribution is 6.33. The molecule has 0 saturated carbocycles. The number of carboxylic acid groups (broad SMARTS) is 1. The summed E-state index contributed by atoms with van der Waals surface area (Å²) in [5.41, 5.74) is 0.368. The van der Waals surface area contributed by atoms with Crippen molar-refractivity contribution >= 4 is 40.8 Å². The van der Waals surface area contributed by atoms with E-state index in [9.17, 15) is 27.9 Å². The molecule has 40 heavy (non-hydrogen) atoms. The molecule has 0 saturated heterocycles. The van der Waals surface area contributed by atoms with Gasteiger partial charge in [-0.05, 0) is 36.4 Å². The van der Waals surface area contributed by atoms with Gasteiger partial charge in [-0.25, -0.2) is 4.79 Å². The van der Waals surface area contributed by atoms with Gasteiger partial charge >= 0.3 is 12.3 Å². The molecular weight excluding hydrogens is 578 g/mol. The maximum absolute atomic E-state index is 13.3. The number of nitrogens with zero attached hydrogens (tertiary/aromatic N) is 1. The lowest BCUT2D eigenvalue weighted by atomic mass is 9.98. The molecule has 8 nitrogen and oxygen atoms in total. The van der Waals surface area contributed by atoms with Crippen LogP contribution in [0.3, 0.4) is 0 Å². The molecule has 0 bridgehead atoms. The lowest BCUT2D eigenvalue weighted by molar-refractivity contribution is -0.274. The minimum atomic E-state index is -5.04. The van der Waals surface area contributed by atoms with Gasteiger partial charge in [-0.15, -0.1) is 13.2 Å². The third-order valence-corrected chi connectivity index (χ3v) is 6.19. The van der Waals surface area contributed by atoms with Gasteiger partial charge in [-0.2, -0.15) is 0 Å². The van der Waals surface area contributed by atoms with Crippen molar-refractivity contribution in [1.29, 1.82) is 0 Å². The number of halogens is 5. The van der Waals surface area contributed by atoms with Gasteiger partial charge in [0, 0.05) is 39.9 Å². The molecule has 0 radical (unpaired) electrons. The second-order valence-electron chi connectivity index (χ2n) is 8.09. The van der Waals surface area contributed by atoms with Crippen LogP contribution in [-0.4, -0.2) is 42.7 Å². The van der Waals surface area contributed by atoms with Gasteiger partial charge in [0.05, 0.1) is 31.5 Å². The molecule has 0 aromatic heterocycles. The third-order valence-electron chi connectivity index (χ3n) is 5.55. The Bertz CT molecular complexity index is 1430. The molecule has 0 spiro atoms. The Hall–Kier alpha value is -3.93. The van der Waals surface area contributed by atoms with Crippen molar-refractivity contribution in [2.75, 3.05) is 19.1 Å². The van der Waals surface area contributed by atoms with Crippen molar-refractivity contribution in [2.24, 2.45) is 0 Å². The van der Waals surface area contributed by atoms with Gasteiger partial charge < -0.3 is 29.3 Å². The fraction of sp³-hybridized carbons (Fsp3) is 0.185. The molecular formula is C27H22Cl2F3NO7. The van der Waals surface area contributed by atoms with Crippen molar-refractivity contribution in [3.05, 3.63) is 93.5 Å². The Morgan fingerprint density at radius 2 is 1.70 bits per heavy atom. The summed E-state index contributed by atoms with van der Waals surface area (Å²) in [7, 11) is 2.87. The van der Waals surface area contributed by atoms with Gasteiger partial charge in [-0.1, -0.05) is 35.3 Å². The fourth-order valence-corrected chi connectivity index (χ4v) is 4.22. The molecule has 0 heterocycles. The van der Waals surface area contributed by atoms with Gasteiger partial charge in [0.1, 0.15) is 23.4 Å². The maximum Gasteiger partial charge on any atom is 0.573 e. The number of hydrogen-bond donors (Lipinski definition) is 2. The number of carbonyl (C=O) groups is 2. The highest BCUT2D eigenvalue weighted by Gasteiger charge is 2.33. The zero-order valence-electron chi connectivity index (χ0n) is 20.9. The summed E-state index contributed by atoms with van der Waals surface area (Å²) in [6.45, 7) is -0.178. The summed E-state index contributed by atoms with van der Waals surface area (Å²) in [6.07, 6.45) is -5.27. The predicted molar refractivity (Wildman–Crippen MR) is 141 cm³/mol. The SMILES string of the molecule is COc1ccc(CN(C(=O)/C=C/C(=O)O)c2ccc(Cl)cc2C(O)c2cccc(OC(F)(F)F)c2Cl)c(OC)c1. The third kappa shape index (κ3) is 7.59. The Kier molecular flexibility index (Phi) is 9.91. The van der Waals surface area contributed by atoms with E-state index in [4.69, 9.17) is 37.8 Å². The van der Waals surface area contributed by atoms with Crippen LogP contribution in [-0.2, 0) is 16.1 Å². The van der Waals surface area contributed by atoms with Crippen LogP contribution in [0.5, 0.6) is 17.2 Å². The highest BCUT2D eigenvalue weighted by Crippen LogP contribution is 2.41. The zero-order valence-corrected chi connectivity index (χ0v) is 22.4. The second kappa shape index (κ2) is 12.9. The van der Waals surface area contributed by atoms with E-state index < -0.39 is 35.1 Å². The molecule has 3 rings (SSSR count). The smallest absolute Gasteiger partial charge is 0.497 e. The summed E-state index contributed by atoms with van der Waals surface area (Å²) in [5, 5.41) is 20.0. The van der Waals surface area contributed by atoms with Crippen LogP contribution in [0.15, 0.2) is 66.7 Å². The molecule has 1 amide bonds. The van der Waals surface area contributed by atoms with Crippen molar-refractivity contribution in [2.45, 2.75) is 19.0 Å². The summed E-state index contributed by atoms with van der Waals surface area (Å²) in [4.78, 5) is 25.5. The summed E-state index contributed by atoms with van der Waals surface area (Å²) in [5.74, 6) is -2.09. The number of carbonyl (C=O) groups excluding carboxylic acids is 1. The molecule has 3 aromatic rings. The maximum atomic E-state index is 13.3. The highest BCUT2D eigenvalue weighted by atomic mass is 35.5. The van der Waals surface area contributed by atoms with E-state index >= 15 is 0 Å². The van der Waals surface area contributed by atoms with Crippen molar-refractivity contribution < 1.29 is 47.2 Å². The first-order valence-electron chi connectivity index (χ1n) is 11.3. The Labute approximate surface area is 236 Å². The molecule has 212 valence electrons. The number of aliphatic hydroxyl groups is 1. The quantitative estimate of drug-likeness (QED) is 0.269. The fourth-order valence-electron chi connectivity index (χ4n) is 3.77. The van der Waals surface area contributed by atoms with E-state index in [1.165, 1.54) is 44.6 Å². The van der Waals surface area contributed by atoms with Gasteiger partial charge in [0.2, 0.25) is 0 Å². The average molecular weight is 600 g/mol. The number of carboxylic acids is 1. The van der Waals surface area contributed by atoms with Crippen molar-refractivity contribution in [1.82, 2.24) is 0 Å². The number of amides is 1. The molecule has 0 fully saturated rings. The number of methoxy groups -OCH3 is 2. The topological polar surface area (TPSA) is 106 Å². The minimum Gasteiger partial charge on any atom is -0.497 e.